The van der Waals surface area contributed by atoms with Crippen LogP contribution in [0.3, 0.4) is 0 Å². The summed E-state index contributed by atoms with van der Waals surface area (Å²) in [4.78, 5) is 11.3. The standard InChI is InChI=1S/C18H24O10/c1-24-10-6-9(4-5-13(20)26-3)7-11(25-2)17(10)28-18-16(23)15(22)14(21)12(8-19)27-18/h4-7,12,14-16,18-19,21-23H,8H2,1-3H3/t12-,14+,15+,16-,18+/m1/s1. The first-order valence-electron chi connectivity index (χ1n) is 8.35. The summed E-state index contributed by atoms with van der Waals surface area (Å²) in [5, 5.41) is 39.2. The van der Waals surface area contributed by atoms with E-state index in [1.165, 1.54) is 33.5 Å². The molecule has 0 bridgehead atoms. The van der Waals surface area contributed by atoms with E-state index in [0.717, 1.165) is 0 Å². The third kappa shape index (κ3) is 4.72. The number of hydrogen-bond donors (Lipinski definition) is 4. The molecule has 4 N–H and O–H groups in total. The summed E-state index contributed by atoms with van der Waals surface area (Å²) in [5.74, 6) is -0.0919. The van der Waals surface area contributed by atoms with Crippen LogP contribution in [0, 0.1) is 0 Å². The Labute approximate surface area is 161 Å². The third-order valence-electron chi connectivity index (χ3n) is 4.18. The normalized spacial score (nSPS) is 27.5. The molecule has 10 nitrogen and oxygen atoms in total. The van der Waals surface area contributed by atoms with Gasteiger partial charge in [0.1, 0.15) is 24.4 Å². The highest BCUT2D eigenvalue weighted by Gasteiger charge is 2.45. The lowest BCUT2D eigenvalue weighted by molar-refractivity contribution is -0.277. The molecule has 0 amide bonds. The molecule has 0 aliphatic carbocycles. The van der Waals surface area contributed by atoms with Crippen molar-refractivity contribution in [2.75, 3.05) is 27.9 Å². The molecule has 10 heteroatoms. The van der Waals surface area contributed by atoms with E-state index >= 15 is 0 Å². The summed E-state index contributed by atoms with van der Waals surface area (Å²) < 4.78 is 26.1. The Morgan fingerprint density at radius 3 is 2.18 bits per heavy atom. The number of carbonyl (C=O) groups excluding carboxylic acids is 1. The lowest BCUT2D eigenvalue weighted by atomic mass is 9.99. The van der Waals surface area contributed by atoms with Crippen LogP contribution < -0.4 is 14.2 Å². The van der Waals surface area contributed by atoms with Gasteiger partial charge in [0.15, 0.2) is 11.5 Å². The Morgan fingerprint density at radius 2 is 1.68 bits per heavy atom. The fourth-order valence-electron chi connectivity index (χ4n) is 2.63. The maximum absolute atomic E-state index is 11.3. The van der Waals surface area contributed by atoms with Crippen LogP contribution in [0.25, 0.3) is 6.08 Å². The van der Waals surface area contributed by atoms with Crippen molar-refractivity contribution < 1.29 is 48.9 Å². The summed E-state index contributed by atoms with van der Waals surface area (Å²) in [5.41, 5.74) is 0.542. The van der Waals surface area contributed by atoms with E-state index in [0.29, 0.717) is 5.56 Å². The van der Waals surface area contributed by atoms with Crippen LogP contribution in [0.15, 0.2) is 18.2 Å². The van der Waals surface area contributed by atoms with Crippen LogP contribution in [0.5, 0.6) is 17.2 Å². The van der Waals surface area contributed by atoms with Gasteiger partial charge in [-0.2, -0.15) is 0 Å². The molecule has 1 aromatic carbocycles. The van der Waals surface area contributed by atoms with Crippen molar-refractivity contribution in [2.45, 2.75) is 30.7 Å². The molecule has 0 aromatic heterocycles. The predicted molar refractivity (Wildman–Crippen MR) is 95.0 cm³/mol. The average Bonchev–Trinajstić information content (AvgIpc) is 2.72. The van der Waals surface area contributed by atoms with E-state index in [-0.39, 0.29) is 17.2 Å². The van der Waals surface area contributed by atoms with Crippen molar-refractivity contribution >= 4 is 12.0 Å². The van der Waals surface area contributed by atoms with Crippen molar-refractivity contribution in [2.24, 2.45) is 0 Å². The van der Waals surface area contributed by atoms with Gasteiger partial charge in [0, 0.05) is 6.08 Å². The average molecular weight is 400 g/mol. The molecular formula is C18H24O10. The van der Waals surface area contributed by atoms with Crippen molar-refractivity contribution in [1.82, 2.24) is 0 Å². The largest absolute Gasteiger partial charge is 0.493 e. The number of aliphatic hydroxyl groups excluding tert-OH is 4. The molecule has 0 unspecified atom stereocenters. The van der Waals surface area contributed by atoms with Crippen molar-refractivity contribution in [3.05, 3.63) is 23.8 Å². The Balaban J connectivity index is 2.33. The van der Waals surface area contributed by atoms with Gasteiger partial charge in [-0.3, -0.25) is 0 Å². The minimum atomic E-state index is -1.59. The number of methoxy groups -OCH3 is 3. The lowest BCUT2D eigenvalue weighted by Gasteiger charge is -2.39. The number of hydrogen-bond acceptors (Lipinski definition) is 10. The molecule has 28 heavy (non-hydrogen) atoms. The van der Waals surface area contributed by atoms with Gasteiger partial charge in [0.25, 0.3) is 0 Å². The zero-order valence-corrected chi connectivity index (χ0v) is 15.6. The molecule has 1 aromatic rings. The van der Waals surface area contributed by atoms with Crippen molar-refractivity contribution in [3.63, 3.8) is 0 Å². The Kier molecular flexibility index (Phi) is 7.61. The molecule has 0 radical (unpaired) electrons. The number of ether oxygens (including phenoxy) is 5. The first-order valence-corrected chi connectivity index (χ1v) is 8.35. The highest BCUT2D eigenvalue weighted by atomic mass is 16.7. The number of aliphatic hydroxyl groups is 4. The third-order valence-corrected chi connectivity index (χ3v) is 4.18. The van der Waals surface area contributed by atoms with Crippen LogP contribution in [0.1, 0.15) is 5.56 Å². The van der Waals surface area contributed by atoms with E-state index in [1.807, 2.05) is 0 Å². The molecule has 0 spiro atoms. The van der Waals surface area contributed by atoms with Gasteiger partial charge < -0.3 is 44.1 Å². The van der Waals surface area contributed by atoms with Crippen molar-refractivity contribution in [3.8, 4) is 17.2 Å². The summed E-state index contributed by atoms with van der Waals surface area (Å²) in [6, 6.07) is 3.09. The molecular weight excluding hydrogens is 376 g/mol. The maximum Gasteiger partial charge on any atom is 0.330 e. The topological polar surface area (TPSA) is 144 Å². The smallest absolute Gasteiger partial charge is 0.330 e. The van der Waals surface area contributed by atoms with E-state index < -0.39 is 43.3 Å². The molecule has 2 rings (SSSR count). The SMILES string of the molecule is COC(=O)C=Cc1cc(OC)c(O[C@@H]2O[C@H](CO)[C@H](O)[C@H](O)[C@H]2O)c(OC)c1. The second kappa shape index (κ2) is 9.71. The van der Waals surface area contributed by atoms with E-state index in [4.69, 9.17) is 18.9 Å². The highest BCUT2D eigenvalue weighted by molar-refractivity contribution is 5.87. The number of esters is 1. The maximum atomic E-state index is 11.3. The lowest BCUT2D eigenvalue weighted by Crippen LogP contribution is -2.60. The van der Waals surface area contributed by atoms with Crippen LogP contribution >= 0.6 is 0 Å². The zero-order chi connectivity index (χ0) is 20.8. The van der Waals surface area contributed by atoms with E-state index in [2.05, 4.69) is 4.74 Å². The van der Waals surface area contributed by atoms with E-state index in [9.17, 15) is 25.2 Å². The molecule has 1 fully saturated rings. The van der Waals surface area contributed by atoms with Crippen LogP contribution in [-0.2, 0) is 14.3 Å². The van der Waals surface area contributed by atoms with Gasteiger partial charge in [-0.15, -0.1) is 0 Å². The number of carbonyl (C=O) groups is 1. The quantitative estimate of drug-likeness (QED) is 0.335. The summed E-state index contributed by atoms with van der Waals surface area (Å²) >= 11 is 0. The van der Waals surface area contributed by atoms with Crippen LogP contribution in [0.2, 0.25) is 0 Å². The molecule has 1 aliphatic rings. The van der Waals surface area contributed by atoms with Gasteiger partial charge in [0.2, 0.25) is 12.0 Å². The highest BCUT2D eigenvalue weighted by Crippen LogP contribution is 2.40. The summed E-state index contributed by atoms with van der Waals surface area (Å²) in [7, 11) is 4.01. The zero-order valence-electron chi connectivity index (χ0n) is 15.6. The second-order valence-electron chi connectivity index (χ2n) is 5.93. The second-order valence-corrected chi connectivity index (χ2v) is 5.93. The van der Waals surface area contributed by atoms with Crippen molar-refractivity contribution in [1.29, 1.82) is 0 Å². The minimum Gasteiger partial charge on any atom is -0.493 e. The van der Waals surface area contributed by atoms with Gasteiger partial charge in [-0.25, -0.2) is 4.79 Å². The Hall–Kier alpha value is -2.37. The van der Waals surface area contributed by atoms with Gasteiger partial charge >= 0.3 is 5.97 Å². The van der Waals surface area contributed by atoms with Gasteiger partial charge in [-0.05, 0) is 23.8 Å². The van der Waals surface area contributed by atoms with Gasteiger partial charge in [0.05, 0.1) is 27.9 Å². The first-order chi connectivity index (χ1) is 13.4. The monoisotopic (exact) mass is 400 g/mol. The Bertz CT molecular complexity index is 677. The number of rotatable bonds is 7. The summed E-state index contributed by atoms with van der Waals surface area (Å²) in [6.07, 6.45) is -4.52. The fourth-order valence-corrected chi connectivity index (χ4v) is 2.63. The molecule has 1 saturated heterocycles. The molecule has 156 valence electrons. The molecule has 5 atom stereocenters. The Morgan fingerprint density at radius 1 is 1.07 bits per heavy atom. The molecule has 1 heterocycles. The molecule has 0 saturated carbocycles. The number of benzene rings is 1. The van der Waals surface area contributed by atoms with E-state index in [1.54, 1.807) is 12.1 Å². The predicted octanol–water partition coefficient (Wildman–Crippen LogP) is -0.931. The first kappa shape index (κ1) is 21.9. The summed E-state index contributed by atoms with van der Waals surface area (Å²) in [6.45, 7) is -0.587. The minimum absolute atomic E-state index is 0.0598. The van der Waals surface area contributed by atoms with Crippen LogP contribution in [-0.4, -0.2) is 85.0 Å². The van der Waals surface area contributed by atoms with Gasteiger partial charge in [-0.1, -0.05) is 0 Å². The fraction of sp³-hybridized carbons (Fsp3) is 0.500. The molecule has 1 aliphatic heterocycles. The van der Waals surface area contributed by atoms with Crippen LogP contribution in [0.4, 0.5) is 0 Å².